The van der Waals surface area contributed by atoms with Gasteiger partial charge in [-0.3, -0.25) is 0 Å². The van der Waals surface area contributed by atoms with Crippen LogP contribution in [-0.2, 0) is 5.41 Å². The van der Waals surface area contributed by atoms with Gasteiger partial charge in [0.25, 0.3) is 0 Å². The van der Waals surface area contributed by atoms with Gasteiger partial charge in [-0.25, -0.2) is 0 Å². The minimum atomic E-state index is -0.443. The highest BCUT2D eigenvalue weighted by Gasteiger charge is 2.29. The summed E-state index contributed by atoms with van der Waals surface area (Å²) in [4.78, 5) is 0. The second-order valence-electron chi connectivity index (χ2n) is 8.63. The van der Waals surface area contributed by atoms with Crippen LogP contribution in [0.2, 0.25) is 20.1 Å². The van der Waals surface area contributed by atoms with Crippen molar-refractivity contribution in [2.24, 2.45) is 0 Å². The van der Waals surface area contributed by atoms with Crippen LogP contribution in [0.5, 0.6) is 11.5 Å². The van der Waals surface area contributed by atoms with Gasteiger partial charge in [0.05, 0.1) is 20.1 Å². The molecule has 2 aromatic carbocycles. The summed E-state index contributed by atoms with van der Waals surface area (Å²) in [5, 5.41) is 8.53. The van der Waals surface area contributed by atoms with Crippen molar-refractivity contribution in [2.45, 2.75) is 44.3 Å². The van der Waals surface area contributed by atoms with E-state index >= 15 is 0 Å². The van der Waals surface area contributed by atoms with Crippen LogP contribution in [0.1, 0.15) is 37.8 Å². The Balaban J connectivity index is 1.61. The van der Waals surface area contributed by atoms with Gasteiger partial charge in [0, 0.05) is 18.5 Å². The average Bonchev–Trinajstić information content (AvgIpc) is 3.41. The summed E-state index contributed by atoms with van der Waals surface area (Å²) in [5.74, 6) is 1.06. The lowest BCUT2D eigenvalue weighted by molar-refractivity contribution is 0.223. The predicted molar refractivity (Wildman–Crippen MR) is 129 cm³/mol. The summed E-state index contributed by atoms with van der Waals surface area (Å²) < 4.78 is 12.1. The molecule has 0 aromatic heterocycles. The minimum Gasteiger partial charge on any atom is -0.486 e. The smallest absolute Gasteiger partial charge is 0.156 e. The molecule has 0 aliphatic carbocycles. The largest absolute Gasteiger partial charge is 0.486 e. The fraction of sp³-hybridized carbons (Fsp3) is 0.478. The first-order valence-corrected chi connectivity index (χ1v) is 12.0. The van der Waals surface area contributed by atoms with E-state index in [2.05, 4.69) is 24.5 Å². The first-order chi connectivity index (χ1) is 14.8. The van der Waals surface area contributed by atoms with Gasteiger partial charge in [-0.1, -0.05) is 60.3 Å². The molecular formula is C23H26Cl4N2O2. The van der Waals surface area contributed by atoms with Crippen molar-refractivity contribution in [3.8, 4) is 11.5 Å². The number of rotatable bonds is 6. The fourth-order valence-corrected chi connectivity index (χ4v) is 5.18. The molecule has 2 unspecified atom stereocenters. The highest BCUT2D eigenvalue weighted by Crippen LogP contribution is 2.44. The summed E-state index contributed by atoms with van der Waals surface area (Å²) in [6.07, 6.45) is 2.02. The second kappa shape index (κ2) is 9.54. The van der Waals surface area contributed by atoms with Gasteiger partial charge in [0.2, 0.25) is 0 Å². The minimum absolute atomic E-state index is 0.0779. The zero-order valence-electron chi connectivity index (χ0n) is 17.5. The highest BCUT2D eigenvalue weighted by molar-refractivity contribution is 6.38. The van der Waals surface area contributed by atoms with Crippen LogP contribution in [0.3, 0.4) is 0 Å². The highest BCUT2D eigenvalue weighted by atomic mass is 35.5. The van der Waals surface area contributed by atoms with E-state index in [1.165, 1.54) is 0 Å². The van der Waals surface area contributed by atoms with Gasteiger partial charge in [0.1, 0.15) is 12.2 Å². The van der Waals surface area contributed by atoms with Crippen LogP contribution in [0, 0.1) is 0 Å². The SMILES string of the molecule is CC(C)(c1cc(Cl)c(OC2CCNC2)c(Cl)c1)c1cc(Cl)c(OC2CCNC2)c(Cl)c1. The van der Waals surface area contributed by atoms with E-state index in [-0.39, 0.29) is 12.2 Å². The molecule has 2 aromatic rings. The van der Waals surface area contributed by atoms with Crippen molar-refractivity contribution in [2.75, 3.05) is 26.2 Å². The zero-order valence-corrected chi connectivity index (χ0v) is 20.6. The van der Waals surface area contributed by atoms with E-state index in [1.807, 2.05) is 24.3 Å². The van der Waals surface area contributed by atoms with E-state index in [9.17, 15) is 0 Å². The van der Waals surface area contributed by atoms with E-state index in [0.29, 0.717) is 31.6 Å². The monoisotopic (exact) mass is 502 g/mol. The van der Waals surface area contributed by atoms with Crippen LogP contribution in [0.4, 0.5) is 0 Å². The number of hydrogen-bond acceptors (Lipinski definition) is 4. The predicted octanol–water partition coefficient (Wildman–Crippen LogP) is 6.11. The Kier molecular flexibility index (Phi) is 7.17. The van der Waals surface area contributed by atoms with Crippen molar-refractivity contribution in [3.63, 3.8) is 0 Å². The van der Waals surface area contributed by atoms with E-state index in [0.717, 1.165) is 50.1 Å². The van der Waals surface area contributed by atoms with Gasteiger partial charge in [-0.15, -0.1) is 0 Å². The van der Waals surface area contributed by atoms with Crippen molar-refractivity contribution in [1.29, 1.82) is 0 Å². The average molecular weight is 504 g/mol. The van der Waals surface area contributed by atoms with E-state index in [1.54, 1.807) is 0 Å². The molecule has 4 nitrogen and oxygen atoms in total. The molecule has 0 bridgehead atoms. The molecule has 8 heteroatoms. The van der Waals surface area contributed by atoms with Gasteiger partial charge in [-0.05, 0) is 61.3 Å². The molecule has 0 radical (unpaired) electrons. The molecule has 0 saturated carbocycles. The number of hydrogen-bond donors (Lipinski definition) is 2. The summed E-state index contributed by atoms with van der Waals surface area (Å²) >= 11 is 26.3. The molecular weight excluding hydrogens is 478 g/mol. The quantitative estimate of drug-likeness (QED) is 0.499. The van der Waals surface area contributed by atoms with E-state index < -0.39 is 5.41 Å². The van der Waals surface area contributed by atoms with Crippen molar-refractivity contribution >= 4 is 46.4 Å². The number of halogens is 4. The van der Waals surface area contributed by atoms with Gasteiger partial charge < -0.3 is 20.1 Å². The number of nitrogens with one attached hydrogen (secondary N) is 2. The lowest BCUT2D eigenvalue weighted by Crippen LogP contribution is -2.22. The lowest BCUT2D eigenvalue weighted by atomic mass is 9.78. The Morgan fingerprint density at radius 2 is 1.06 bits per heavy atom. The molecule has 2 atom stereocenters. The maximum Gasteiger partial charge on any atom is 0.156 e. The first kappa shape index (κ1) is 23.3. The number of benzene rings is 2. The van der Waals surface area contributed by atoms with Crippen LogP contribution in [0.25, 0.3) is 0 Å². The van der Waals surface area contributed by atoms with Crippen LogP contribution in [0.15, 0.2) is 24.3 Å². The Hall–Kier alpha value is -0.880. The van der Waals surface area contributed by atoms with E-state index in [4.69, 9.17) is 55.9 Å². The molecule has 2 saturated heterocycles. The molecule has 2 aliphatic rings. The second-order valence-corrected chi connectivity index (χ2v) is 10.3. The molecule has 0 amide bonds. The molecule has 4 rings (SSSR count). The standard InChI is InChI=1S/C23H26Cl4N2O2/c1-23(2,13-7-17(24)21(18(25)8-13)30-15-3-5-28-11-15)14-9-19(26)22(20(27)10-14)31-16-4-6-29-12-16/h7-10,15-16,28-29H,3-6,11-12H2,1-2H3. The third kappa shape index (κ3) is 5.05. The Labute approximate surface area is 203 Å². The lowest BCUT2D eigenvalue weighted by Gasteiger charge is -2.28. The first-order valence-electron chi connectivity index (χ1n) is 10.5. The van der Waals surface area contributed by atoms with Crippen molar-refractivity contribution in [1.82, 2.24) is 10.6 Å². The third-order valence-electron chi connectivity index (χ3n) is 6.04. The molecule has 168 valence electrons. The van der Waals surface area contributed by atoms with Gasteiger partial charge in [-0.2, -0.15) is 0 Å². The van der Waals surface area contributed by atoms with Crippen molar-refractivity contribution < 1.29 is 9.47 Å². The summed E-state index contributed by atoms with van der Waals surface area (Å²) in [5.41, 5.74) is 1.45. The zero-order chi connectivity index (χ0) is 22.2. The normalized spacial score (nSPS) is 21.5. The maximum atomic E-state index is 6.58. The summed E-state index contributed by atoms with van der Waals surface area (Å²) in [7, 11) is 0. The Bertz CT molecular complexity index is 833. The molecule has 31 heavy (non-hydrogen) atoms. The molecule has 2 heterocycles. The topological polar surface area (TPSA) is 42.5 Å². The molecule has 2 N–H and O–H groups in total. The number of ether oxygens (including phenoxy) is 2. The van der Waals surface area contributed by atoms with Crippen LogP contribution < -0.4 is 20.1 Å². The summed E-state index contributed by atoms with van der Waals surface area (Å²) in [6.45, 7) is 7.62. The fourth-order valence-electron chi connectivity index (χ4n) is 4.02. The molecule has 2 aliphatic heterocycles. The Morgan fingerprint density at radius 1 is 0.710 bits per heavy atom. The third-order valence-corrected chi connectivity index (χ3v) is 7.16. The summed E-state index contributed by atoms with van der Waals surface area (Å²) in [6, 6.07) is 7.62. The Morgan fingerprint density at radius 3 is 1.35 bits per heavy atom. The molecule has 2 fully saturated rings. The van der Waals surface area contributed by atoms with Gasteiger partial charge >= 0.3 is 0 Å². The van der Waals surface area contributed by atoms with Crippen LogP contribution in [-0.4, -0.2) is 38.4 Å². The van der Waals surface area contributed by atoms with Crippen molar-refractivity contribution in [3.05, 3.63) is 55.5 Å². The van der Waals surface area contributed by atoms with Gasteiger partial charge in [0.15, 0.2) is 11.5 Å². The molecule has 0 spiro atoms. The maximum absolute atomic E-state index is 6.58. The van der Waals surface area contributed by atoms with Crippen LogP contribution >= 0.6 is 46.4 Å².